The number of hydrogen-bond acceptors (Lipinski definition) is 3. The maximum Gasteiger partial charge on any atom is 0.213 e. The van der Waals surface area contributed by atoms with E-state index in [-0.39, 0.29) is 5.25 Å². The van der Waals surface area contributed by atoms with Crippen LogP contribution in [0.4, 0.5) is 0 Å². The molecule has 0 aromatic carbocycles. The molecular weight excluding hydrogens is 236 g/mol. The van der Waals surface area contributed by atoms with E-state index in [1.165, 1.54) is 38.5 Å². The van der Waals surface area contributed by atoms with Crippen molar-refractivity contribution in [3.63, 3.8) is 0 Å². The molecule has 2 aliphatic rings. The van der Waals surface area contributed by atoms with E-state index in [2.05, 4.69) is 4.90 Å². The summed E-state index contributed by atoms with van der Waals surface area (Å²) in [5.41, 5.74) is 0. The van der Waals surface area contributed by atoms with E-state index in [4.69, 9.17) is 5.14 Å². The molecule has 5 heteroatoms. The fourth-order valence-electron chi connectivity index (χ4n) is 3.17. The first-order valence-corrected chi connectivity index (χ1v) is 8.40. The highest BCUT2D eigenvalue weighted by molar-refractivity contribution is 7.89. The normalized spacial score (nSPS) is 27.9. The quantitative estimate of drug-likeness (QED) is 0.811. The first-order chi connectivity index (χ1) is 8.05. The summed E-state index contributed by atoms with van der Waals surface area (Å²) >= 11 is 0. The second-order valence-corrected chi connectivity index (χ2v) is 7.44. The number of rotatable bonds is 5. The van der Waals surface area contributed by atoms with Crippen LogP contribution in [0.1, 0.15) is 44.9 Å². The molecule has 0 spiro atoms. The lowest BCUT2D eigenvalue weighted by molar-refractivity contribution is 0.315. The van der Waals surface area contributed by atoms with Gasteiger partial charge < -0.3 is 4.90 Å². The molecule has 4 nitrogen and oxygen atoms in total. The fourth-order valence-corrected chi connectivity index (χ4v) is 4.02. The molecule has 0 amide bonds. The van der Waals surface area contributed by atoms with Crippen LogP contribution in [0.5, 0.6) is 0 Å². The molecule has 100 valence electrons. The van der Waals surface area contributed by atoms with Crippen molar-refractivity contribution in [1.82, 2.24) is 4.90 Å². The van der Waals surface area contributed by atoms with Gasteiger partial charge in [0.15, 0.2) is 0 Å². The number of nitrogens with zero attached hydrogens (tertiary/aromatic N) is 1. The summed E-state index contributed by atoms with van der Waals surface area (Å²) in [6.07, 6.45) is 8.85. The smallest absolute Gasteiger partial charge is 0.213 e. The summed E-state index contributed by atoms with van der Waals surface area (Å²) in [5, 5.41) is 4.85. The van der Waals surface area contributed by atoms with E-state index in [1.807, 2.05) is 0 Å². The topological polar surface area (TPSA) is 63.4 Å². The van der Waals surface area contributed by atoms with Crippen molar-refractivity contribution in [2.24, 2.45) is 11.1 Å². The van der Waals surface area contributed by atoms with Gasteiger partial charge in [0.2, 0.25) is 10.0 Å². The molecule has 0 aromatic heterocycles. The Bertz CT molecular complexity index is 336. The predicted octanol–water partition coefficient (Wildman–Crippen LogP) is 1.32. The van der Waals surface area contributed by atoms with Crippen molar-refractivity contribution in [3.05, 3.63) is 0 Å². The number of primary sulfonamides is 1. The Morgan fingerprint density at radius 3 is 2.47 bits per heavy atom. The van der Waals surface area contributed by atoms with Crippen molar-refractivity contribution < 1.29 is 8.42 Å². The van der Waals surface area contributed by atoms with Gasteiger partial charge in [0.05, 0.1) is 5.25 Å². The van der Waals surface area contributed by atoms with Crippen molar-refractivity contribution in [1.29, 1.82) is 0 Å². The first-order valence-electron chi connectivity index (χ1n) is 6.79. The average molecular weight is 260 g/mol. The largest absolute Gasteiger partial charge is 0.302 e. The minimum absolute atomic E-state index is 0.325. The van der Waals surface area contributed by atoms with E-state index >= 15 is 0 Å². The zero-order valence-corrected chi connectivity index (χ0v) is 11.3. The number of sulfonamides is 1. The number of likely N-dealkylation sites (tertiary alicyclic amines) is 1. The van der Waals surface area contributed by atoms with Crippen LogP contribution in [0.25, 0.3) is 0 Å². The van der Waals surface area contributed by atoms with Crippen LogP contribution in [0, 0.1) is 5.92 Å². The van der Waals surface area contributed by atoms with Gasteiger partial charge in [-0.3, -0.25) is 0 Å². The third-order valence-corrected chi connectivity index (χ3v) is 5.57. The molecule has 1 saturated heterocycles. The van der Waals surface area contributed by atoms with Gasteiger partial charge in [0, 0.05) is 6.54 Å². The molecule has 1 unspecified atom stereocenters. The Kier molecular flexibility index (Phi) is 4.44. The maximum absolute atomic E-state index is 11.2. The number of hydrogen-bond donors (Lipinski definition) is 1. The highest BCUT2D eigenvalue weighted by atomic mass is 32.2. The van der Waals surface area contributed by atoms with Crippen molar-refractivity contribution in [3.8, 4) is 0 Å². The van der Waals surface area contributed by atoms with Gasteiger partial charge in [0.25, 0.3) is 0 Å². The minimum atomic E-state index is -3.32. The third kappa shape index (κ3) is 3.93. The van der Waals surface area contributed by atoms with Crippen LogP contribution in [0.3, 0.4) is 0 Å². The lowest BCUT2D eigenvalue weighted by Gasteiger charge is -2.16. The Morgan fingerprint density at radius 2 is 1.88 bits per heavy atom. The Balaban J connectivity index is 1.64. The molecule has 2 fully saturated rings. The van der Waals surface area contributed by atoms with Gasteiger partial charge in [-0.1, -0.05) is 25.7 Å². The summed E-state index contributed by atoms with van der Waals surface area (Å²) in [6.45, 7) is 2.58. The second-order valence-electron chi connectivity index (χ2n) is 5.59. The molecule has 2 rings (SSSR count). The molecule has 2 N–H and O–H groups in total. The Morgan fingerprint density at radius 1 is 1.18 bits per heavy atom. The van der Waals surface area contributed by atoms with E-state index in [0.29, 0.717) is 13.0 Å². The minimum Gasteiger partial charge on any atom is -0.302 e. The van der Waals surface area contributed by atoms with Crippen molar-refractivity contribution in [2.75, 3.05) is 19.6 Å². The van der Waals surface area contributed by atoms with E-state index in [9.17, 15) is 8.42 Å². The van der Waals surface area contributed by atoms with E-state index in [0.717, 1.165) is 19.0 Å². The number of nitrogens with two attached hydrogens (primary N) is 1. The predicted molar refractivity (Wildman–Crippen MR) is 69.1 cm³/mol. The highest BCUT2D eigenvalue weighted by Crippen LogP contribution is 2.28. The van der Waals surface area contributed by atoms with Crippen LogP contribution in [-0.4, -0.2) is 38.2 Å². The van der Waals surface area contributed by atoms with Crippen molar-refractivity contribution in [2.45, 2.75) is 50.2 Å². The molecule has 1 atom stereocenters. The van der Waals surface area contributed by atoms with Gasteiger partial charge in [-0.05, 0) is 38.3 Å². The zero-order chi connectivity index (χ0) is 12.3. The summed E-state index contributed by atoms with van der Waals surface area (Å²) in [4.78, 5) is 2.25. The molecular formula is C12H24N2O2S. The van der Waals surface area contributed by atoms with Gasteiger partial charge in [-0.2, -0.15) is 0 Å². The lowest BCUT2D eigenvalue weighted by atomic mass is 10.0. The maximum atomic E-state index is 11.2. The Hall–Kier alpha value is -0.130. The fraction of sp³-hybridized carbons (Fsp3) is 1.00. The van der Waals surface area contributed by atoms with Crippen LogP contribution in [-0.2, 0) is 10.0 Å². The SMILES string of the molecule is NS(=O)(=O)C1CCN(CCCC2CCCC2)C1. The summed E-state index contributed by atoms with van der Waals surface area (Å²) < 4.78 is 22.4. The van der Waals surface area contributed by atoms with Gasteiger partial charge in [-0.15, -0.1) is 0 Å². The van der Waals surface area contributed by atoms with Gasteiger partial charge >= 0.3 is 0 Å². The molecule has 0 radical (unpaired) electrons. The molecule has 1 saturated carbocycles. The molecule has 1 aliphatic heterocycles. The molecule has 1 heterocycles. The molecule has 0 aromatic rings. The lowest BCUT2D eigenvalue weighted by Crippen LogP contribution is -2.32. The molecule has 17 heavy (non-hydrogen) atoms. The van der Waals surface area contributed by atoms with Crippen LogP contribution in [0.2, 0.25) is 0 Å². The Labute approximate surface area is 105 Å². The third-order valence-electron chi connectivity index (χ3n) is 4.26. The first kappa shape index (κ1) is 13.3. The summed E-state index contributed by atoms with van der Waals surface area (Å²) in [7, 11) is -3.32. The second kappa shape index (κ2) is 5.67. The average Bonchev–Trinajstić information content (AvgIpc) is 2.86. The summed E-state index contributed by atoms with van der Waals surface area (Å²) in [5.74, 6) is 0.937. The van der Waals surface area contributed by atoms with Gasteiger partial charge in [-0.25, -0.2) is 13.6 Å². The molecule has 0 bridgehead atoms. The van der Waals surface area contributed by atoms with Crippen molar-refractivity contribution >= 4 is 10.0 Å². The van der Waals surface area contributed by atoms with E-state index in [1.54, 1.807) is 0 Å². The van der Waals surface area contributed by atoms with Crippen LogP contribution in [0.15, 0.2) is 0 Å². The monoisotopic (exact) mass is 260 g/mol. The van der Waals surface area contributed by atoms with Crippen LogP contribution < -0.4 is 5.14 Å². The standard InChI is InChI=1S/C12H24N2O2S/c13-17(15,16)12-7-9-14(10-12)8-3-6-11-4-1-2-5-11/h11-12H,1-10H2,(H2,13,15,16). The highest BCUT2D eigenvalue weighted by Gasteiger charge is 2.30. The van der Waals surface area contributed by atoms with Gasteiger partial charge in [0.1, 0.15) is 0 Å². The summed E-state index contributed by atoms with van der Waals surface area (Å²) in [6, 6.07) is 0. The molecule has 1 aliphatic carbocycles. The zero-order valence-electron chi connectivity index (χ0n) is 10.5. The van der Waals surface area contributed by atoms with Crippen LogP contribution >= 0.6 is 0 Å². The van der Waals surface area contributed by atoms with E-state index < -0.39 is 10.0 Å².